The second-order valence-electron chi connectivity index (χ2n) is 9.65. The lowest BCUT2D eigenvalue weighted by Crippen LogP contribution is -2.42. The normalized spacial score (nSPS) is 22.1. The van der Waals surface area contributed by atoms with Gasteiger partial charge < -0.3 is 15.1 Å². The Bertz CT molecular complexity index is 992. The lowest BCUT2D eigenvalue weighted by atomic mass is 9.71. The van der Waals surface area contributed by atoms with E-state index in [1.54, 1.807) is 0 Å². The quantitative estimate of drug-likeness (QED) is 0.788. The minimum atomic E-state index is 0.0696. The smallest absolute Gasteiger partial charge is 0.257 e. The number of benzene rings is 1. The molecule has 168 valence electrons. The summed E-state index contributed by atoms with van der Waals surface area (Å²) in [6, 6.07) is 11.1. The van der Waals surface area contributed by atoms with E-state index in [1.807, 2.05) is 18.7 Å². The summed E-state index contributed by atoms with van der Waals surface area (Å²) in [5, 5.41) is 3.53. The predicted octanol–water partition coefficient (Wildman–Crippen LogP) is 3.08. The minimum absolute atomic E-state index is 0.0696. The average molecular weight is 432 g/mol. The number of carbonyl (C=O) groups is 1. The van der Waals surface area contributed by atoms with Gasteiger partial charge in [-0.2, -0.15) is 0 Å². The lowest BCUT2D eigenvalue weighted by molar-refractivity contribution is 0.0782. The molecule has 0 aliphatic carbocycles. The number of hydrogen-bond acceptors (Lipinski definition) is 5. The van der Waals surface area contributed by atoms with Gasteiger partial charge in [-0.25, -0.2) is 9.97 Å². The van der Waals surface area contributed by atoms with Crippen molar-refractivity contribution >= 4 is 5.91 Å². The minimum Gasteiger partial charge on any atom is -0.377 e. The number of hydrogen-bond donors (Lipinski definition) is 1. The number of carbonyl (C=O) groups excluding carboxylic acids is 1. The number of piperidine rings is 1. The fourth-order valence-electron chi connectivity index (χ4n) is 5.80. The summed E-state index contributed by atoms with van der Waals surface area (Å²) >= 11 is 0. The third-order valence-corrected chi connectivity index (χ3v) is 7.69. The molecule has 1 atom stereocenters. The van der Waals surface area contributed by atoms with Crippen LogP contribution in [-0.4, -0.2) is 64.9 Å². The SMILES string of the molecule is Cc1ncnc(C)c1C(=O)N1CC2=CN(CCC3(c4ccccc4)CCNCC3)CC2C1. The number of rotatable bonds is 5. The molecule has 1 amide bonds. The molecule has 1 aromatic heterocycles. The highest BCUT2D eigenvalue weighted by Gasteiger charge is 2.38. The van der Waals surface area contributed by atoms with Crippen LogP contribution in [0, 0.1) is 19.8 Å². The Kier molecular flexibility index (Phi) is 5.72. The van der Waals surface area contributed by atoms with Crippen LogP contribution >= 0.6 is 0 Å². The van der Waals surface area contributed by atoms with E-state index in [1.165, 1.54) is 36.7 Å². The molecule has 1 N–H and O–H groups in total. The monoisotopic (exact) mass is 431 g/mol. The van der Waals surface area contributed by atoms with Crippen LogP contribution in [0.2, 0.25) is 0 Å². The molecule has 2 aromatic rings. The van der Waals surface area contributed by atoms with E-state index in [2.05, 4.69) is 56.7 Å². The predicted molar refractivity (Wildman–Crippen MR) is 125 cm³/mol. The summed E-state index contributed by atoms with van der Waals surface area (Å²) in [6.45, 7) is 9.59. The van der Waals surface area contributed by atoms with Crippen LogP contribution in [0.5, 0.6) is 0 Å². The van der Waals surface area contributed by atoms with Gasteiger partial charge in [0.25, 0.3) is 5.91 Å². The molecule has 0 radical (unpaired) electrons. The summed E-state index contributed by atoms with van der Waals surface area (Å²) in [5.74, 6) is 0.519. The Morgan fingerprint density at radius 2 is 1.81 bits per heavy atom. The van der Waals surface area contributed by atoms with Crippen LogP contribution in [0.3, 0.4) is 0 Å². The number of aryl methyl sites for hydroxylation is 2. The Labute approximate surface area is 190 Å². The topological polar surface area (TPSA) is 61.4 Å². The maximum absolute atomic E-state index is 13.1. The summed E-state index contributed by atoms with van der Waals surface area (Å²) in [6.07, 6.45) is 7.44. The van der Waals surface area contributed by atoms with Crippen molar-refractivity contribution in [3.8, 4) is 0 Å². The van der Waals surface area contributed by atoms with Crippen molar-refractivity contribution in [2.24, 2.45) is 5.92 Å². The molecule has 32 heavy (non-hydrogen) atoms. The second-order valence-corrected chi connectivity index (χ2v) is 9.65. The molecule has 4 heterocycles. The third-order valence-electron chi connectivity index (χ3n) is 7.69. The number of fused-ring (bicyclic) bond motifs is 1. The van der Waals surface area contributed by atoms with Crippen LogP contribution < -0.4 is 5.32 Å². The average Bonchev–Trinajstić information content (AvgIpc) is 3.38. The molecule has 2 saturated heterocycles. The number of amides is 1. The van der Waals surface area contributed by atoms with Crippen LogP contribution in [0.1, 0.15) is 46.6 Å². The summed E-state index contributed by atoms with van der Waals surface area (Å²) in [7, 11) is 0. The Morgan fingerprint density at radius 3 is 2.50 bits per heavy atom. The van der Waals surface area contributed by atoms with Gasteiger partial charge in [-0.3, -0.25) is 4.79 Å². The summed E-state index contributed by atoms with van der Waals surface area (Å²) in [5.41, 5.74) is 5.35. The van der Waals surface area contributed by atoms with Crippen LogP contribution in [0.25, 0.3) is 0 Å². The fourth-order valence-corrected chi connectivity index (χ4v) is 5.80. The van der Waals surface area contributed by atoms with Gasteiger partial charge in [-0.15, -0.1) is 0 Å². The first kappa shape index (κ1) is 21.1. The van der Waals surface area contributed by atoms with Gasteiger partial charge in [0, 0.05) is 38.3 Å². The first-order valence-electron chi connectivity index (χ1n) is 11.8. The number of nitrogens with one attached hydrogen (secondary N) is 1. The Balaban J connectivity index is 1.24. The number of aromatic nitrogens is 2. The van der Waals surface area contributed by atoms with Crippen molar-refractivity contribution in [3.63, 3.8) is 0 Å². The van der Waals surface area contributed by atoms with E-state index in [0.29, 0.717) is 11.5 Å². The van der Waals surface area contributed by atoms with Crippen LogP contribution in [0.4, 0.5) is 0 Å². The highest BCUT2D eigenvalue weighted by Crippen LogP contribution is 2.38. The van der Waals surface area contributed by atoms with Crippen molar-refractivity contribution in [1.29, 1.82) is 0 Å². The molecule has 6 heteroatoms. The lowest BCUT2D eigenvalue weighted by Gasteiger charge is -2.39. The maximum atomic E-state index is 13.1. The van der Waals surface area contributed by atoms with Crippen molar-refractivity contribution < 1.29 is 4.79 Å². The summed E-state index contributed by atoms with van der Waals surface area (Å²) in [4.78, 5) is 26.1. The number of nitrogens with zero attached hydrogens (tertiary/aromatic N) is 4. The molecule has 0 saturated carbocycles. The molecule has 5 rings (SSSR count). The van der Waals surface area contributed by atoms with Gasteiger partial charge in [0.2, 0.25) is 0 Å². The van der Waals surface area contributed by atoms with Crippen molar-refractivity contribution in [2.45, 2.75) is 38.5 Å². The van der Waals surface area contributed by atoms with Gasteiger partial charge in [0.1, 0.15) is 6.33 Å². The standard InChI is InChI=1S/C26H33N5O/c1-19-24(20(2)29-18-28-19)25(32)31-16-21-14-30(15-22(21)17-31)13-10-26(8-11-27-12-9-26)23-6-4-3-5-7-23/h3-7,14,18,22,27H,8-13,15-17H2,1-2H3. The highest BCUT2D eigenvalue weighted by molar-refractivity contribution is 5.96. The Hall–Kier alpha value is -2.73. The number of likely N-dealkylation sites (tertiary alicyclic amines) is 1. The molecule has 1 unspecified atom stereocenters. The van der Waals surface area contributed by atoms with Crippen molar-refractivity contribution in [1.82, 2.24) is 25.1 Å². The zero-order chi connectivity index (χ0) is 22.1. The van der Waals surface area contributed by atoms with Crippen molar-refractivity contribution in [2.75, 3.05) is 39.3 Å². The van der Waals surface area contributed by atoms with E-state index in [-0.39, 0.29) is 11.3 Å². The van der Waals surface area contributed by atoms with Gasteiger partial charge in [-0.1, -0.05) is 30.3 Å². The Morgan fingerprint density at radius 1 is 1.09 bits per heavy atom. The molecule has 6 nitrogen and oxygen atoms in total. The third kappa shape index (κ3) is 3.92. The van der Waals surface area contributed by atoms with E-state index < -0.39 is 0 Å². The van der Waals surface area contributed by atoms with Crippen molar-refractivity contribution in [3.05, 3.63) is 70.9 Å². The van der Waals surface area contributed by atoms with Crippen LogP contribution in [0.15, 0.2) is 48.4 Å². The van der Waals surface area contributed by atoms with E-state index in [4.69, 9.17) is 0 Å². The molecule has 0 bridgehead atoms. The van der Waals surface area contributed by atoms with Crippen LogP contribution in [-0.2, 0) is 5.41 Å². The molecule has 3 aliphatic rings. The van der Waals surface area contributed by atoms with Gasteiger partial charge >= 0.3 is 0 Å². The van der Waals surface area contributed by atoms with Gasteiger partial charge in [-0.05, 0) is 62.8 Å². The largest absolute Gasteiger partial charge is 0.377 e. The molecular formula is C26H33N5O. The highest BCUT2D eigenvalue weighted by atomic mass is 16.2. The first-order valence-corrected chi connectivity index (χ1v) is 11.8. The molecular weight excluding hydrogens is 398 g/mol. The molecule has 3 aliphatic heterocycles. The first-order chi connectivity index (χ1) is 15.6. The van der Waals surface area contributed by atoms with Gasteiger partial charge in [0.15, 0.2) is 0 Å². The molecule has 0 spiro atoms. The van der Waals surface area contributed by atoms with Gasteiger partial charge in [0.05, 0.1) is 17.0 Å². The fraction of sp³-hybridized carbons (Fsp3) is 0.500. The second kappa shape index (κ2) is 8.66. The van der Waals surface area contributed by atoms with E-state index >= 15 is 0 Å². The molecule has 1 aromatic carbocycles. The zero-order valence-corrected chi connectivity index (χ0v) is 19.2. The van der Waals surface area contributed by atoms with E-state index in [0.717, 1.165) is 50.7 Å². The van der Waals surface area contributed by atoms with E-state index in [9.17, 15) is 4.79 Å². The zero-order valence-electron chi connectivity index (χ0n) is 19.2. The molecule has 2 fully saturated rings. The summed E-state index contributed by atoms with van der Waals surface area (Å²) < 4.78 is 0. The maximum Gasteiger partial charge on any atom is 0.257 e.